The van der Waals surface area contributed by atoms with Crippen LogP contribution in [0, 0.1) is 6.92 Å². The summed E-state index contributed by atoms with van der Waals surface area (Å²) in [6.07, 6.45) is 1.20. The fourth-order valence-corrected chi connectivity index (χ4v) is 6.87. The Bertz CT molecular complexity index is 1890. The van der Waals surface area contributed by atoms with Crippen molar-refractivity contribution in [3.8, 4) is 26.7 Å². The van der Waals surface area contributed by atoms with Crippen LogP contribution in [0.1, 0.15) is 16.2 Å². The average Bonchev–Trinajstić information content (AvgIpc) is 3.65. The number of aromatic nitrogens is 3. The van der Waals surface area contributed by atoms with Crippen LogP contribution in [0.4, 0.5) is 5.82 Å². The fraction of sp³-hybridized carbons (Fsp3) is 0.194. The molecule has 0 atom stereocenters. The lowest BCUT2D eigenvalue weighted by Crippen LogP contribution is -2.49. The lowest BCUT2D eigenvalue weighted by molar-refractivity contribution is 0.0740. The van der Waals surface area contributed by atoms with Crippen LogP contribution in [0.2, 0.25) is 5.02 Å². The highest BCUT2D eigenvalue weighted by Gasteiger charge is 2.27. The Balaban J connectivity index is 1.31. The van der Waals surface area contributed by atoms with Gasteiger partial charge in [0.1, 0.15) is 5.82 Å². The lowest BCUT2D eigenvalue weighted by Gasteiger charge is -2.35. The van der Waals surface area contributed by atoms with Gasteiger partial charge in [0.25, 0.3) is 5.91 Å². The number of piperazine rings is 1. The van der Waals surface area contributed by atoms with Crippen LogP contribution in [0.5, 0.6) is 0 Å². The van der Waals surface area contributed by atoms with E-state index in [0.717, 1.165) is 32.5 Å². The van der Waals surface area contributed by atoms with Crippen molar-refractivity contribution in [3.05, 3.63) is 101 Å². The number of thiophene rings is 1. The normalized spacial score (nSPS) is 13.9. The first-order chi connectivity index (χ1) is 20.2. The smallest absolute Gasteiger partial charge is 0.274 e. The molecular formula is C31H28ClN5O3S2. The summed E-state index contributed by atoms with van der Waals surface area (Å²) in [6.45, 7) is 4.45. The van der Waals surface area contributed by atoms with Crippen molar-refractivity contribution >= 4 is 44.5 Å². The number of nitrogens with zero attached hydrogens (tertiary/aromatic N) is 5. The van der Waals surface area contributed by atoms with Gasteiger partial charge in [0, 0.05) is 43.0 Å². The summed E-state index contributed by atoms with van der Waals surface area (Å²) in [4.78, 5) is 24.4. The molecule has 0 unspecified atom stereocenters. The van der Waals surface area contributed by atoms with Gasteiger partial charge in [-0.05, 0) is 67.1 Å². The zero-order chi connectivity index (χ0) is 29.4. The minimum absolute atomic E-state index is 0.142. The predicted molar refractivity (Wildman–Crippen MR) is 168 cm³/mol. The standard InChI is InChI=1S/C31H28ClN5O3S2/c1-21-7-5-12-30(33-21)35-15-17-36(18-16-35)31(38)25-20-27(37(34-25)26-11-4-3-10-24(26)32)29-14-13-28(41-29)22-8-6-9-23(19-22)42(2,39)40/h3-14,19-20H,15-18H2,1-2H3. The van der Waals surface area contributed by atoms with E-state index >= 15 is 0 Å². The molecule has 1 fully saturated rings. The molecule has 214 valence electrons. The Morgan fingerprint density at radius 2 is 1.62 bits per heavy atom. The van der Waals surface area contributed by atoms with Gasteiger partial charge in [0.15, 0.2) is 15.5 Å². The third kappa shape index (κ3) is 5.70. The van der Waals surface area contributed by atoms with E-state index in [-0.39, 0.29) is 10.8 Å². The van der Waals surface area contributed by atoms with Crippen molar-refractivity contribution in [2.45, 2.75) is 11.8 Å². The number of amides is 1. The zero-order valence-electron chi connectivity index (χ0n) is 23.1. The van der Waals surface area contributed by atoms with Crippen molar-refractivity contribution < 1.29 is 13.2 Å². The Morgan fingerprint density at radius 1 is 0.881 bits per heavy atom. The number of hydrogen-bond acceptors (Lipinski definition) is 7. The molecule has 5 aromatic rings. The maximum Gasteiger partial charge on any atom is 0.274 e. The molecule has 0 aliphatic carbocycles. The van der Waals surface area contributed by atoms with Gasteiger partial charge >= 0.3 is 0 Å². The summed E-state index contributed by atoms with van der Waals surface area (Å²) in [6, 6.07) is 26.0. The van der Waals surface area contributed by atoms with Crippen LogP contribution >= 0.6 is 22.9 Å². The number of pyridine rings is 1. The number of para-hydroxylation sites is 1. The van der Waals surface area contributed by atoms with E-state index in [9.17, 15) is 13.2 Å². The van der Waals surface area contributed by atoms with Crippen LogP contribution in [-0.4, -0.2) is 66.4 Å². The van der Waals surface area contributed by atoms with Crippen molar-refractivity contribution in [3.63, 3.8) is 0 Å². The molecule has 0 N–H and O–H groups in total. The summed E-state index contributed by atoms with van der Waals surface area (Å²) in [5.74, 6) is 0.777. The van der Waals surface area contributed by atoms with E-state index in [1.54, 1.807) is 28.9 Å². The fourth-order valence-electron chi connectivity index (χ4n) is 4.98. The maximum absolute atomic E-state index is 13.7. The molecular weight excluding hydrogens is 590 g/mol. The van der Waals surface area contributed by atoms with Crippen LogP contribution < -0.4 is 4.90 Å². The van der Waals surface area contributed by atoms with Crippen molar-refractivity contribution in [1.82, 2.24) is 19.7 Å². The van der Waals surface area contributed by atoms with Gasteiger partial charge in [0.05, 0.1) is 26.2 Å². The van der Waals surface area contributed by atoms with Crippen molar-refractivity contribution in [2.75, 3.05) is 37.3 Å². The molecule has 0 bridgehead atoms. The molecule has 0 saturated carbocycles. The summed E-state index contributed by atoms with van der Waals surface area (Å²) < 4.78 is 25.9. The summed E-state index contributed by atoms with van der Waals surface area (Å²) in [5.41, 5.74) is 3.49. The first-order valence-electron chi connectivity index (χ1n) is 13.4. The van der Waals surface area contributed by atoms with Gasteiger partial charge in [-0.3, -0.25) is 4.79 Å². The first-order valence-corrected chi connectivity index (χ1v) is 16.5. The largest absolute Gasteiger partial charge is 0.353 e. The molecule has 4 heterocycles. The Labute approximate surface area is 253 Å². The number of hydrogen-bond donors (Lipinski definition) is 0. The van der Waals surface area contributed by atoms with Crippen LogP contribution in [-0.2, 0) is 9.84 Å². The minimum Gasteiger partial charge on any atom is -0.353 e. The number of carbonyl (C=O) groups is 1. The molecule has 8 nitrogen and oxygen atoms in total. The van der Waals surface area contributed by atoms with Gasteiger partial charge in [-0.15, -0.1) is 11.3 Å². The number of halogens is 1. The predicted octanol–water partition coefficient (Wildman–Crippen LogP) is 5.99. The maximum atomic E-state index is 13.7. The van der Waals surface area contributed by atoms with E-state index in [0.29, 0.717) is 42.6 Å². The number of carbonyl (C=O) groups excluding carboxylic acids is 1. The highest BCUT2D eigenvalue weighted by atomic mass is 35.5. The van der Waals surface area contributed by atoms with E-state index in [4.69, 9.17) is 16.7 Å². The van der Waals surface area contributed by atoms with Gasteiger partial charge in [-0.25, -0.2) is 18.1 Å². The van der Waals surface area contributed by atoms with Crippen molar-refractivity contribution in [2.24, 2.45) is 0 Å². The first kappa shape index (κ1) is 28.1. The van der Waals surface area contributed by atoms with E-state index in [2.05, 4.69) is 9.88 Å². The second-order valence-electron chi connectivity index (χ2n) is 10.2. The van der Waals surface area contributed by atoms with Gasteiger partial charge in [-0.1, -0.05) is 41.9 Å². The molecule has 0 spiro atoms. The third-order valence-electron chi connectivity index (χ3n) is 7.18. The number of aryl methyl sites for hydroxylation is 1. The van der Waals surface area contributed by atoms with Crippen LogP contribution in [0.3, 0.4) is 0 Å². The Morgan fingerprint density at radius 3 is 2.36 bits per heavy atom. The van der Waals surface area contributed by atoms with E-state index in [1.807, 2.05) is 72.5 Å². The monoisotopic (exact) mass is 617 g/mol. The summed E-state index contributed by atoms with van der Waals surface area (Å²) >= 11 is 8.08. The van der Waals surface area contributed by atoms with Crippen molar-refractivity contribution in [1.29, 1.82) is 0 Å². The highest BCUT2D eigenvalue weighted by molar-refractivity contribution is 7.90. The summed E-state index contributed by atoms with van der Waals surface area (Å²) in [7, 11) is -3.34. The zero-order valence-corrected chi connectivity index (χ0v) is 25.5. The Hall–Kier alpha value is -3.99. The van der Waals surface area contributed by atoms with E-state index < -0.39 is 9.84 Å². The molecule has 6 rings (SSSR count). The second-order valence-corrected chi connectivity index (χ2v) is 13.7. The highest BCUT2D eigenvalue weighted by Crippen LogP contribution is 2.37. The minimum atomic E-state index is -3.34. The number of sulfone groups is 1. The molecule has 42 heavy (non-hydrogen) atoms. The molecule has 2 aromatic carbocycles. The molecule has 1 saturated heterocycles. The SMILES string of the molecule is Cc1cccc(N2CCN(C(=O)c3cc(-c4ccc(-c5cccc(S(C)(=O)=O)c5)s4)n(-c4ccccc4Cl)n3)CC2)n1. The Kier molecular flexibility index (Phi) is 7.61. The molecule has 3 aromatic heterocycles. The molecule has 1 aliphatic rings. The number of benzene rings is 2. The molecule has 11 heteroatoms. The average molecular weight is 618 g/mol. The van der Waals surface area contributed by atoms with Crippen LogP contribution in [0.15, 0.2) is 89.8 Å². The molecule has 1 aliphatic heterocycles. The molecule has 0 radical (unpaired) electrons. The van der Waals surface area contributed by atoms with Gasteiger partial charge in [-0.2, -0.15) is 5.10 Å². The topological polar surface area (TPSA) is 88.4 Å². The van der Waals surface area contributed by atoms with E-state index in [1.165, 1.54) is 17.6 Å². The quantitative estimate of drug-likeness (QED) is 0.233. The second kappa shape index (κ2) is 11.4. The lowest BCUT2D eigenvalue weighted by atomic mass is 10.2. The third-order valence-corrected chi connectivity index (χ3v) is 9.77. The molecule has 1 amide bonds. The summed E-state index contributed by atoms with van der Waals surface area (Å²) in [5, 5.41) is 5.26. The van der Waals surface area contributed by atoms with Gasteiger partial charge < -0.3 is 9.80 Å². The van der Waals surface area contributed by atoms with Crippen LogP contribution in [0.25, 0.3) is 26.7 Å². The number of rotatable bonds is 6. The number of anilines is 1. The van der Waals surface area contributed by atoms with Gasteiger partial charge in [0.2, 0.25) is 0 Å².